The van der Waals surface area contributed by atoms with Gasteiger partial charge in [0, 0.05) is 22.8 Å². The van der Waals surface area contributed by atoms with Gasteiger partial charge in [0.1, 0.15) is 11.5 Å². The standard InChI is InChI=1S/C15H17BrN2O2/c1-9-4-5-12(20-9)8-18(3)15(19)13-6-11(16)7-14(17)10(13)2/h4-7H,8,17H2,1-3H3. The fourth-order valence-corrected chi connectivity index (χ4v) is 2.48. The first-order valence-corrected chi connectivity index (χ1v) is 7.04. The second-order valence-corrected chi connectivity index (χ2v) is 5.76. The van der Waals surface area contributed by atoms with Crippen LogP contribution in [0.3, 0.4) is 0 Å². The number of furan rings is 1. The van der Waals surface area contributed by atoms with E-state index in [1.165, 1.54) is 0 Å². The van der Waals surface area contributed by atoms with Gasteiger partial charge in [-0.05, 0) is 43.7 Å². The van der Waals surface area contributed by atoms with Crippen molar-refractivity contribution in [2.24, 2.45) is 0 Å². The van der Waals surface area contributed by atoms with Crippen LogP contribution in [0.4, 0.5) is 5.69 Å². The van der Waals surface area contributed by atoms with E-state index in [1.807, 2.05) is 26.0 Å². The van der Waals surface area contributed by atoms with Crippen molar-refractivity contribution in [3.05, 3.63) is 51.4 Å². The molecule has 1 amide bonds. The highest BCUT2D eigenvalue weighted by atomic mass is 79.9. The molecular weight excluding hydrogens is 320 g/mol. The fraction of sp³-hybridized carbons (Fsp3) is 0.267. The Balaban J connectivity index is 2.22. The molecule has 0 fully saturated rings. The molecule has 2 rings (SSSR count). The summed E-state index contributed by atoms with van der Waals surface area (Å²) < 4.78 is 6.29. The van der Waals surface area contributed by atoms with Gasteiger partial charge in [-0.3, -0.25) is 4.79 Å². The lowest BCUT2D eigenvalue weighted by molar-refractivity contribution is 0.0774. The zero-order valence-electron chi connectivity index (χ0n) is 11.7. The molecule has 0 bridgehead atoms. The first kappa shape index (κ1) is 14.7. The van der Waals surface area contributed by atoms with Crippen molar-refractivity contribution in [3.63, 3.8) is 0 Å². The highest BCUT2D eigenvalue weighted by molar-refractivity contribution is 9.10. The summed E-state index contributed by atoms with van der Waals surface area (Å²) in [6, 6.07) is 7.34. The van der Waals surface area contributed by atoms with E-state index in [4.69, 9.17) is 10.2 Å². The third kappa shape index (κ3) is 3.04. The molecule has 0 aliphatic rings. The number of nitrogens with zero attached hydrogens (tertiary/aromatic N) is 1. The Morgan fingerprint density at radius 1 is 1.35 bits per heavy atom. The zero-order valence-corrected chi connectivity index (χ0v) is 13.3. The van der Waals surface area contributed by atoms with Crippen LogP contribution < -0.4 is 5.73 Å². The van der Waals surface area contributed by atoms with Crippen molar-refractivity contribution in [1.82, 2.24) is 4.90 Å². The summed E-state index contributed by atoms with van der Waals surface area (Å²) in [7, 11) is 1.75. The molecule has 0 unspecified atom stereocenters. The van der Waals surface area contributed by atoms with E-state index in [9.17, 15) is 4.79 Å². The highest BCUT2D eigenvalue weighted by Crippen LogP contribution is 2.24. The van der Waals surface area contributed by atoms with Crippen LogP contribution >= 0.6 is 15.9 Å². The number of anilines is 1. The van der Waals surface area contributed by atoms with E-state index >= 15 is 0 Å². The molecule has 1 aromatic heterocycles. The van der Waals surface area contributed by atoms with E-state index in [2.05, 4.69) is 15.9 Å². The van der Waals surface area contributed by atoms with Gasteiger partial charge in [-0.15, -0.1) is 0 Å². The molecule has 2 aromatic rings. The van der Waals surface area contributed by atoms with Crippen molar-refractivity contribution in [1.29, 1.82) is 0 Å². The van der Waals surface area contributed by atoms with E-state index < -0.39 is 0 Å². The predicted molar refractivity (Wildman–Crippen MR) is 82.5 cm³/mol. The smallest absolute Gasteiger partial charge is 0.254 e. The molecule has 0 spiro atoms. The van der Waals surface area contributed by atoms with Crippen molar-refractivity contribution < 1.29 is 9.21 Å². The number of carbonyl (C=O) groups is 1. The van der Waals surface area contributed by atoms with E-state index in [0.717, 1.165) is 21.6 Å². The van der Waals surface area contributed by atoms with Crippen LogP contribution in [-0.4, -0.2) is 17.9 Å². The minimum atomic E-state index is -0.0791. The highest BCUT2D eigenvalue weighted by Gasteiger charge is 2.17. The molecule has 0 saturated carbocycles. The van der Waals surface area contributed by atoms with Gasteiger partial charge in [0.05, 0.1) is 6.54 Å². The average molecular weight is 337 g/mol. The van der Waals surface area contributed by atoms with Crippen LogP contribution in [0.2, 0.25) is 0 Å². The van der Waals surface area contributed by atoms with Gasteiger partial charge in [-0.1, -0.05) is 15.9 Å². The maximum atomic E-state index is 12.5. The van der Waals surface area contributed by atoms with E-state index in [-0.39, 0.29) is 5.91 Å². The minimum absolute atomic E-state index is 0.0791. The van der Waals surface area contributed by atoms with Crippen molar-refractivity contribution in [2.45, 2.75) is 20.4 Å². The summed E-state index contributed by atoms with van der Waals surface area (Å²) in [6.07, 6.45) is 0. The Morgan fingerprint density at radius 3 is 2.65 bits per heavy atom. The number of hydrogen-bond donors (Lipinski definition) is 1. The molecule has 0 saturated heterocycles. The van der Waals surface area contributed by atoms with Gasteiger partial charge >= 0.3 is 0 Å². The number of rotatable bonds is 3. The number of nitrogens with two attached hydrogens (primary N) is 1. The summed E-state index contributed by atoms with van der Waals surface area (Å²) in [5, 5.41) is 0. The number of amides is 1. The monoisotopic (exact) mass is 336 g/mol. The Bertz CT molecular complexity index is 649. The molecule has 20 heavy (non-hydrogen) atoms. The first-order chi connectivity index (χ1) is 9.38. The molecular formula is C15H17BrN2O2. The van der Waals surface area contributed by atoms with Crippen molar-refractivity contribution >= 4 is 27.5 Å². The molecule has 0 aliphatic heterocycles. The summed E-state index contributed by atoms with van der Waals surface area (Å²) in [5.74, 6) is 1.52. The molecule has 0 atom stereocenters. The molecule has 106 valence electrons. The molecule has 5 heteroatoms. The minimum Gasteiger partial charge on any atom is -0.464 e. The fourth-order valence-electron chi connectivity index (χ4n) is 2.00. The van der Waals surface area contributed by atoms with Crippen LogP contribution in [0.1, 0.15) is 27.4 Å². The van der Waals surface area contributed by atoms with Gasteiger partial charge in [-0.25, -0.2) is 0 Å². The lowest BCUT2D eigenvalue weighted by Gasteiger charge is -2.18. The number of aryl methyl sites for hydroxylation is 1. The van der Waals surface area contributed by atoms with Gasteiger partial charge in [0.25, 0.3) is 5.91 Å². The number of benzene rings is 1. The molecule has 1 heterocycles. The van der Waals surface area contributed by atoms with Crippen LogP contribution in [0, 0.1) is 13.8 Å². The predicted octanol–water partition coefficient (Wildman–Crippen LogP) is 3.51. The van der Waals surface area contributed by atoms with Crippen LogP contribution in [-0.2, 0) is 6.54 Å². The largest absolute Gasteiger partial charge is 0.464 e. The SMILES string of the molecule is Cc1ccc(CN(C)C(=O)c2cc(Br)cc(N)c2C)o1. The maximum Gasteiger partial charge on any atom is 0.254 e. The second kappa shape index (κ2) is 5.71. The molecule has 1 aromatic carbocycles. The van der Waals surface area contributed by atoms with Gasteiger partial charge in [0.2, 0.25) is 0 Å². The number of halogens is 1. The van der Waals surface area contributed by atoms with E-state index in [1.54, 1.807) is 24.1 Å². The molecule has 0 radical (unpaired) electrons. The van der Waals surface area contributed by atoms with Crippen molar-refractivity contribution in [2.75, 3.05) is 12.8 Å². The summed E-state index contributed by atoms with van der Waals surface area (Å²) in [5.41, 5.74) is 7.89. The topological polar surface area (TPSA) is 59.5 Å². The lowest BCUT2D eigenvalue weighted by atomic mass is 10.1. The Kier molecular flexibility index (Phi) is 4.18. The zero-order chi connectivity index (χ0) is 14.9. The second-order valence-electron chi connectivity index (χ2n) is 4.84. The molecule has 0 aliphatic carbocycles. The van der Waals surface area contributed by atoms with Gasteiger partial charge < -0.3 is 15.1 Å². The summed E-state index contributed by atoms with van der Waals surface area (Å²) >= 11 is 3.37. The van der Waals surface area contributed by atoms with Crippen LogP contribution in [0.5, 0.6) is 0 Å². The maximum absolute atomic E-state index is 12.5. The quantitative estimate of drug-likeness (QED) is 0.872. The third-order valence-corrected chi connectivity index (χ3v) is 3.64. The normalized spacial score (nSPS) is 10.6. The van der Waals surface area contributed by atoms with Crippen LogP contribution in [0.25, 0.3) is 0 Å². The Labute approximate surface area is 126 Å². The number of nitrogen functional groups attached to an aromatic ring is 1. The van der Waals surface area contributed by atoms with Crippen molar-refractivity contribution in [3.8, 4) is 0 Å². The van der Waals surface area contributed by atoms with Gasteiger partial charge in [-0.2, -0.15) is 0 Å². The average Bonchev–Trinajstić information content (AvgIpc) is 2.78. The number of hydrogen-bond acceptors (Lipinski definition) is 3. The third-order valence-electron chi connectivity index (χ3n) is 3.18. The molecule has 4 nitrogen and oxygen atoms in total. The van der Waals surface area contributed by atoms with Gasteiger partial charge in [0.15, 0.2) is 0 Å². The number of carbonyl (C=O) groups excluding carboxylic acids is 1. The first-order valence-electron chi connectivity index (χ1n) is 6.25. The summed E-state index contributed by atoms with van der Waals surface area (Å²) in [6.45, 7) is 4.16. The molecule has 2 N–H and O–H groups in total. The Morgan fingerprint density at radius 2 is 2.05 bits per heavy atom. The Hall–Kier alpha value is -1.75. The van der Waals surface area contributed by atoms with E-state index in [0.29, 0.717) is 17.8 Å². The lowest BCUT2D eigenvalue weighted by Crippen LogP contribution is -2.27. The van der Waals surface area contributed by atoms with Crippen LogP contribution in [0.15, 0.2) is 33.2 Å². The summed E-state index contributed by atoms with van der Waals surface area (Å²) in [4.78, 5) is 14.1.